The van der Waals surface area contributed by atoms with Crippen molar-refractivity contribution in [3.8, 4) is 0 Å². The first-order valence-corrected chi connectivity index (χ1v) is 8.29. The summed E-state index contributed by atoms with van der Waals surface area (Å²) in [6, 6.07) is 1.56. The van der Waals surface area contributed by atoms with Gasteiger partial charge in [-0.2, -0.15) is 4.31 Å². The summed E-state index contributed by atoms with van der Waals surface area (Å²) in [5.74, 6) is -5.43. The number of hydrogen-bond donors (Lipinski definition) is 0. The van der Waals surface area contributed by atoms with Gasteiger partial charge in [0.2, 0.25) is 10.0 Å². The monoisotopic (exact) mass is 336 g/mol. The van der Waals surface area contributed by atoms with Crippen molar-refractivity contribution in [2.24, 2.45) is 0 Å². The zero-order chi connectivity index (χ0) is 16.5. The van der Waals surface area contributed by atoms with Crippen LogP contribution in [0.5, 0.6) is 0 Å². The Bertz CT molecular complexity index is 686. The second-order valence-corrected chi connectivity index (χ2v) is 7.07. The van der Waals surface area contributed by atoms with E-state index < -0.39 is 38.9 Å². The molecule has 22 heavy (non-hydrogen) atoms. The molecule has 1 amide bonds. The number of rotatable bonds is 3. The van der Waals surface area contributed by atoms with Crippen LogP contribution in [0.3, 0.4) is 0 Å². The summed E-state index contributed by atoms with van der Waals surface area (Å²) in [7, 11) is -3.34. The van der Waals surface area contributed by atoms with Crippen molar-refractivity contribution in [1.29, 1.82) is 0 Å². The minimum absolute atomic E-state index is 0.0429. The fourth-order valence-electron chi connectivity index (χ4n) is 2.21. The normalized spacial score (nSPS) is 16.8. The van der Waals surface area contributed by atoms with Crippen molar-refractivity contribution in [2.75, 3.05) is 31.9 Å². The smallest absolute Gasteiger partial charge is 0.257 e. The lowest BCUT2D eigenvalue weighted by Crippen LogP contribution is -2.51. The molecule has 0 radical (unpaired) electrons. The van der Waals surface area contributed by atoms with Gasteiger partial charge in [0.25, 0.3) is 5.91 Å². The van der Waals surface area contributed by atoms with Gasteiger partial charge in [0.1, 0.15) is 0 Å². The van der Waals surface area contributed by atoms with E-state index >= 15 is 0 Å². The van der Waals surface area contributed by atoms with Crippen LogP contribution >= 0.6 is 0 Å². The van der Waals surface area contributed by atoms with Crippen LogP contribution < -0.4 is 0 Å². The Morgan fingerprint density at radius 3 is 2.23 bits per heavy atom. The van der Waals surface area contributed by atoms with Crippen molar-refractivity contribution < 1.29 is 26.4 Å². The zero-order valence-electron chi connectivity index (χ0n) is 11.9. The second kappa shape index (κ2) is 6.25. The summed E-state index contributed by atoms with van der Waals surface area (Å²) in [6.45, 7) is 1.83. The lowest BCUT2D eigenvalue weighted by Gasteiger charge is -2.33. The predicted molar refractivity (Wildman–Crippen MR) is 73.3 cm³/mol. The average molecular weight is 336 g/mol. The topological polar surface area (TPSA) is 57.7 Å². The highest BCUT2D eigenvalue weighted by Gasteiger charge is 2.30. The van der Waals surface area contributed by atoms with Gasteiger partial charge in [-0.3, -0.25) is 4.79 Å². The SMILES string of the molecule is CCS(=O)(=O)N1CCN(C(=O)c2ccc(F)c(F)c2F)CC1. The Labute approximate surface area is 126 Å². The molecule has 0 bridgehead atoms. The van der Waals surface area contributed by atoms with Crippen LogP contribution in [0, 0.1) is 17.5 Å². The Kier molecular flexibility index (Phi) is 4.76. The molecule has 1 aromatic rings. The molecule has 0 atom stereocenters. The molecule has 9 heteroatoms. The van der Waals surface area contributed by atoms with E-state index in [9.17, 15) is 26.4 Å². The fraction of sp³-hybridized carbons (Fsp3) is 0.462. The first-order valence-electron chi connectivity index (χ1n) is 6.68. The first-order chi connectivity index (χ1) is 10.3. The highest BCUT2D eigenvalue weighted by atomic mass is 32.2. The van der Waals surface area contributed by atoms with Crippen molar-refractivity contribution in [2.45, 2.75) is 6.92 Å². The van der Waals surface area contributed by atoms with Gasteiger partial charge in [-0.15, -0.1) is 0 Å². The molecule has 2 rings (SSSR count). The van der Waals surface area contributed by atoms with Crippen LogP contribution in [-0.2, 0) is 10.0 Å². The van der Waals surface area contributed by atoms with Crippen molar-refractivity contribution in [1.82, 2.24) is 9.21 Å². The molecule has 0 unspecified atom stereocenters. The molecular weight excluding hydrogens is 321 g/mol. The molecule has 0 saturated carbocycles. The number of nitrogens with zero attached hydrogens (tertiary/aromatic N) is 2. The predicted octanol–water partition coefficient (Wildman–Crippen LogP) is 1.21. The van der Waals surface area contributed by atoms with E-state index in [-0.39, 0.29) is 31.9 Å². The molecule has 1 aliphatic rings. The van der Waals surface area contributed by atoms with Gasteiger partial charge in [0, 0.05) is 26.2 Å². The molecular formula is C13H15F3N2O3S. The number of benzene rings is 1. The maximum absolute atomic E-state index is 13.6. The molecule has 1 heterocycles. The lowest BCUT2D eigenvalue weighted by molar-refractivity contribution is 0.0692. The summed E-state index contributed by atoms with van der Waals surface area (Å²) in [4.78, 5) is 13.4. The quantitative estimate of drug-likeness (QED) is 0.780. The first kappa shape index (κ1) is 16.8. The molecule has 1 fully saturated rings. The fourth-order valence-corrected chi connectivity index (χ4v) is 3.30. The van der Waals surface area contributed by atoms with E-state index in [1.807, 2.05) is 0 Å². The molecule has 0 N–H and O–H groups in total. The van der Waals surface area contributed by atoms with E-state index in [0.29, 0.717) is 6.07 Å². The summed E-state index contributed by atoms with van der Waals surface area (Å²) in [6.07, 6.45) is 0. The van der Waals surface area contributed by atoms with Crippen molar-refractivity contribution >= 4 is 15.9 Å². The Hall–Kier alpha value is -1.61. The highest BCUT2D eigenvalue weighted by molar-refractivity contribution is 7.89. The third-order valence-electron chi connectivity index (χ3n) is 3.55. The van der Waals surface area contributed by atoms with Gasteiger partial charge in [0.05, 0.1) is 11.3 Å². The number of piperazine rings is 1. The summed E-state index contributed by atoms with van der Waals surface area (Å²) < 4.78 is 64.3. The Morgan fingerprint density at radius 2 is 1.68 bits per heavy atom. The number of hydrogen-bond acceptors (Lipinski definition) is 3. The largest absolute Gasteiger partial charge is 0.336 e. The zero-order valence-corrected chi connectivity index (χ0v) is 12.7. The van der Waals surface area contributed by atoms with Gasteiger partial charge < -0.3 is 4.90 Å². The van der Waals surface area contributed by atoms with Crippen molar-refractivity contribution in [3.05, 3.63) is 35.1 Å². The standard InChI is InChI=1S/C13H15F3N2O3S/c1-2-22(20,21)18-7-5-17(6-8-18)13(19)9-3-4-10(14)12(16)11(9)15/h3-4H,2,5-8H2,1H3. The number of amides is 1. The number of sulfonamides is 1. The van der Waals surface area contributed by atoms with Crippen LogP contribution in [0.15, 0.2) is 12.1 Å². The molecule has 1 saturated heterocycles. The van der Waals surface area contributed by atoms with Crippen LogP contribution in [0.2, 0.25) is 0 Å². The lowest BCUT2D eigenvalue weighted by atomic mass is 10.1. The molecule has 0 spiro atoms. The molecule has 0 aromatic heterocycles. The van der Waals surface area contributed by atoms with Crippen LogP contribution in [0.4, 0.5) is 13.2 Å². The van der Waals surface area contributed by atoms with E-state index in [4.69, 9.17) is 0 Å². The number of carbonyl (C=O) groups excluding carboxylic acids is 1. The summed E-state index contributed by atoms with van der Waals surface area (Å²) in [5.41, 5.74) is -0.564. The Balaban J connectivity index is 2.12. The number of carbonyl (C=O) groups is 1. The average Bonchev–Trinajstić information content (AvgIpc) is 2.52. The molecule has 5 nitrogen and oxygen atoms in total. The van der Waals surface area contributed by atoms with E-state index in [2.05, 4.69) is 0 Å². The molecule has 0 aliphatic carbocycles. The van der Waals surface area contributed by atoms with E-state index in [0.717, 1.165) is 6.07 Å². The van der Waals surface area contributed by atoms with Crippen LogP contribution in [0.25, 0.3) is 0 Å². The van der Waals surface area contributed by atoms with E-state index in [1.165, 1.54) is 16.1 Å². The minimum Gasteiger partial charge on any atom is -0.336 e. The van der Waals surface area contributed by atoms with Crippen LogP contribution in [0.1, 0.15) is 17.3 Å². The van der Waals surface area contributed by atoms with Gasteiger partial charge in [-0.05, 0) is 19.1 Å². The molecule has 1 aromatic carbocycles. The van der Waals surface area contributed by atoms with Gasteiger partial charge in [-0.25, -0.2) is 21.6 Å². The molecule has 122 valence electrons. The van der Waals surface area contributed by atoms with Gasteiger partial charge in [-0.1, -0.05) is 0 Å². The number of halogens is 3. The van der Waals surface area contributed by atoms with Gasteiger partial charge in [0.15, 0.2) is 17.5 Å². The third kappa shape index (κ3) is 3.09. The summed E-state index contributed by atoms with van der Waals surface area (Å²) >= 11 is 0. The van der Waals surface area contributed by atoms with E-state index in [1.54, 1.807) is 0 Å². The van der Waals surface area contributed by atoms with Crippen molar-refractivity contribution in [3.63, 3.8) is 0 Å². The van der Waals surface area contributed by atoms with Gasteiger partial charge >= 0.3 is 0 Å². The third-order valence-corrected chi connectivity index (χ3v) is 5.43. The maximum Gasteiger partial charge on any atom is 0.257 e. The summed E-state index contributed by atoms with van der Waals surface area (Å²) in [5, 5.41) is 0. The molecule has 1 aliphatic heterocycles. The second-order valence-electron chi connectivity index (χ2n) is 4.81. The van der Waals surface area contributed by atoms with Crippen LogP contribution in [-0.4, -0.2) is 55.5 Å². The minimum atomic E-state index is -3.34. The maximum atomic E-state index is 13.6. The highest BCUT2D eigenvalue weighted by Crippen LogP contribution is 2.18. The Morgan fingerprint density at radius 1 is 1.09 bits per heavy atom.